The summed E-state index contributed by atoms with van der Waals surface area (Å²) in [6.45, 7) is 0. The van der Waals surface area contributed by atoms with Gasteiger partial charge in [-0.2, -0.15) is 0 Å². The standard InChI is InChI=1S/C18H13BrN2O4/c1-24-13-8-6-12(7-9-13)21-17(22)14-15(20-25-16(14)18(21)23)10-2-4-11(19)5-3-10/h2-9,14,16H,1H3/t14-,16+/m1/s1. The van der Waals surface area contributed by atoms with Crippen LogP contribution in [0.15, 0.2) is 58.2 Å². The van der Waals surface area contributed by atoms with Crippen molar-refractivity contribution >= 4 is 39.1 Å². The summed E-state index contributed by atoms with van der Waals surface area (Å²) in [6.07, 6.45) is -0.909. The zero-order chi connectivity index (χ0) is 17.6. The molecule has 0 saturated carbocycles. The largest absolute Gasteiger partial charge is 0.497 e. The van der Waals surface area contributed by atoms with Gasteiger partial charge in [-0.3, -0.25) is 9.59 Å². The number of nitrogens with zero attached hydrogens (tertiary/aromatic N) is 2. The van der Waals surface area contributed by atoms with E-state index in [1.807, 2.05) is 24.3 Å². The third-order valence-corrected chi connectivity index (χ3v) is 4.81. The van der Waals surface area contributed by atoms with Crippen molar-refractivity contribution in [1.29, 1.82) is 0 Å². The zero-order valence-electron chi connectivity index (χ0n) is 13.2. The third kappa shape index (κ3) is 2.51. The number of carbonyl (C=O) groups excluding carboxylic acids is 2. The van der Waals surface area contributed by atoms with Gasteiger partial charge in [0.1, 0.15) is 17.4 Å². The van der Waals surface area contributed by atoms with Gasteiger partial charge in [0.2, 0.25) is 12.0 Å². The molecule has 25 heavy (non-hydrogen) atoms. The van der Waals surface area contributed by atoms with Crippen molar-refractivity contribution in [3.63, 3.8) is 0 Å². The van der Waals surface area contributed by atoms with Crippen molar-refractivity contribution in [2.75, 3.05) is 12.0 Å². The molecule has 6 nitrogen and oxygen atoms in total. The predicted molar refractivity (Wildman–Crippen MR) is 94.5 cm³/mol. The molecule has 1 fully saturated rings. The summed E-state index contributed by atoms with van der Waals surface area (Å²) >= 11 is 3.37. The third-order valence-electron chi connectivity index (χ3n) is 4.28. The first-order valence-corrected chi connectivity index (χ1v) is 8.41. The van der Waals surface area contributed by atoms with Crippen molar-refractivity contribution in [3.05, 3.63) is 58.6 Å². The smallest absolute Gasteiger partial charge is 0.278 e. The molecule has 0 N–H and O–H groups in total. The maximum absolute atomic E-state index is 12.9. The van der Waals surface area contributed by atoms with E-state index in [1.54, 1.807) is 31.4 Å². The number of anilines is 1. The summed E-state index contributed by atoms with van der Waals surface area (Å²) in [4.78, 5) is 32.0. The van der Waals surface area contributed by atoms with Gasteiger partial charge in [0, 0.05) is 10.0 Å². The topological polar surface area (TPSA) is 68.2 Å². The van der Waals surface area contributed by atoms with Crippen LogP contribution in [0.3, 0.4) is 0 Å². The van der Waals surface area contributed by atoms with Gasteiger partial charge in [-0.1, -0.05) is 33.2 Å². The summed E-state index contributed by atoms with van der Waals surface area (Å²) in [7, 11) is 1.56. The van der Waals surface area contributed by atoms with Crippen LogP contribution in [0.25, 0.3) is 0 Å². The van der Waals surface area contributed by atoms with Crippen LogP contribution in [0.4, 0.5) is 5.69 Å². The molecule has 2 heterocycles. The summed E-state index contributed by atoms with van der Waals surface area (Å²) in [5.41, 5.74) is 1.73. The summed E-state index contributed by atoms with van der Waals surface area (Å²) in [5, 5.41) is 3.99. The van der Waals surface area contributed by atoms with E-state index in [9.17, 15) is 9.59 Å². The van der Waals surface area contributed by atoms with Gasteiger partial charge in [-0.15, -0.1) is 0 Å². The zero-order valence-corrected chi connectivity index (χ0v) is 14.8. The fraction of sp³-hybridized carbons (Fsp3) is 0.167. The van der Waals surface area contributed by atoms with E-state index in [-0.39, 0.29) is 5.91 Å². The average molecular weight is 401 g/mol. The first-order valence-electron chi connectivity index (χ1n) is 7.61. The van der Waals surface area contributed by atoms with Crippen LogP contribution >= 0.6 is 15.9 Å². The second-order valence-electron chi connectivity index (χ2n) is 5.70. The minimum atomic E-state index is -0.909. The number of methoxy groups -OCH3 is 1. The number of ether oxygens (including phenoxy) is 1. The Morgan fingerprint density at radius 3 is 2.36 bits per heavy atom. The predicted octanol–water partition coefficient (Wildman–Crippen LogP) is 2.75. The second kappa shape index (κ2) is 6.00. The first-order chi connectivity index (χ1) is 12.1. The number of hydrogen-bond acceptors (Lipinski definition) is 5. The van der Waals surface area contributed by atoms with Crippen molar-refractivity contribution in [1.82, 2.24) is 0 Å². The Labute approximate surface area is 152 Å². The SMILES string of the molecule is COc1ccc(N2C(=O)[C@@H]3C(c4ccc(Br)cc4)=NO[C@@H]3C2=O)cc1. The lowest BCUT2D eigenvalue weighted by molar-refractivity contribution is -0.126. The first kappa shape index (κ1) is 15.8. The van der Waals surface area contributed by atoms with Crippen LogP contribution < -0.4 is 9.64 Å². The number of imide groups is 1. The van der Waals surface area contributed by atoms with Gasteiger partial charge in [0.25, 0.3) is 5.91 Å². The molecule has 2 aromatic carbocycles. The molecular weight excluding hydrogens is 388 g/mol. The Kier molecular flexibility index (Phi) is 3.80. The average Bonchev–Trinajstić information content (AvgIpc) is 3.17. The molecule has 2 aliphatic heterocycles. The highest BCUT2D eigenvalue weighted by Gasteiger charge is 2.56. The molecule has 2 aliphatic rings. The second-order valence-corrected chi connectivity index (χ2v) is 6.61. The van der Waals surface area contributed by atoms with Gasteiger partial charge < -0.3 is 9.57 Å². The van der Waals surface area contributed by atoms with Gasteiger partial charge >= 0.3 is 0 Å². The maximum Gasteiger partial charge on any atom is 0.278 e. The van der Waals surface area contributed by atoms with Crippen molar-refractivity contribution < 1.29 is 19.2 Å². The Bertz CT molecular complexity index is 877. The number of amides is 2. The van der Waals surface area contributed by atoms with E-state index in [4.69, 9.17) is 9.57 Å². The monoisotopic (exact) mass is 400 g/mol. The number of oxime groups is 1. The molecule has 2 amide bonds. The molecular formula is C18H13BrN2O4. The molecule has 126 valence electrons. The molecule has 4 rings (SSSR count). The normalized spacial score (nSPS) is 21.8. The number of rotatable bonds is 3. The summed E-state index contributed by atoms with van der Waals surface area (Å²) < 4.78 is 6.03. The molecule has 0 unspecified atom stereocenters. The van der Waals surface area contributed by atoms with E-state index >= 15 is 0 Å². The highest BCUT2D eigenvalue weighted by atomic mass is 79.9. The Morgan fingerprint density at radius 2 is 1.72 bits per heavy atom. The van der Waals surface area contributed by atoms with Crippen LogP contribution in [0.2, 0.25) is 0 Å². The van der Waals surface area contributed by atoms with Crippen molar-refractivity contribution in [3.8, 4) is 5.75 Å². The lowest BCUT2D eigenvalue weighted by Crippen LogP contribution is -2.33. The highest BCUT2D eigenvalue weighted by Crippen LogP contribution is 2.35. The number of fused-ring (bicyclic) bond motifs is 1. The minimum absolute atomic E-state index is 0.334. The van der Waals surface area contributed by atoms with Gasteiger partial charge in [0.05, 0.1) is 12.8 Å². The van der Waals surface area contributed by atoms with E-state index in [1.165, 1.54) is 0 Å². The van der Waals surface area contributed by atoms with E-state index in [0.29, 0.717) is 17.1 Å². The maximum atomic E-state index is 12.9. The Hall–Kier alpha value is -2.67. The van der Waals surface area contributed by atoms with Crippen LogP contribution in [0, 0.1) is 5.92 Å². The fourth-order valence-electron chi connectivity index (χ4n) is 3.02. The molecule has 0 bridgehead atoms. The lowest BCUT2D eigenvalue weighted by atomic mass is 9.94. The number of benzene rings is 2. The van der Waals surface area contributed by atoms with Gasteiger partial charge in [0.15, 0.2) is 0 Å². The number of hydrogen-bond donors (Lipinski definition) is 0. The molecule has 0 aliphatic carbocycles. The van der Waals surface area contributed by atoms with Crippen LogP contribution in [-0.4, -0.2) is 30.7 Å². The fourth-order valence-corrected chi connectivity index (χ4v) is 3.29. The molecule has 2 atom stereocenters. The summed E-state index contributed by atoms with van der Waals surface area (Å²) in [5.74, 6) is -0.817. The van der Waals surface area contributed by atoms with Crippen LogP contribution in [-0.2, 0) is 14.4 Å². The van der Waals surface area contributed by atoms with Crippen LogP contribution in [0.5, 0.6) is 5.75 Å². The molecule has 0 aromatic heterocycles. The minimum Gasteiger partial charge on any atom is -0.497 e. The Balaban J connectivity index is 1.67. The summed E-state index contributed by atoms with van der Waals surface area (Å²) in [6, 6.07) is 14.1. The quantitative estimate of drug-likeness (QED) is 0.742. The van der Waals surface area contributed by atoms with E-state index in [2.05, 4.69) is 21.1 Å². The van der Waals surface area contributed by atoms with Crippen LogP contribution in [0.1, 0.15) is 5.56 Å². The highest BCUT2D eigenvalue weighted by molar-refractivity contribution is 9.10. The van der Waals surface area contributed by atoms with E-state index in [0.717, 1.165) is 14.9 Å². The van der Waals surface area contributed by atoms with Gasteiger partial charge in [-0.05, 0) is 36.4 Å². The number of carbonyl (C=O) groups is 2. The number of halogens is 1. The molecule has 0 spiro atoms. The lowest BCUT2D eigenvalue weighted by Gasteiger charge is -2.15. The van der Waals surface area contributed by atoms with Crippen molar-refractivity contribution in [2.24, 2.45) is 11.1 Å². The van der Waals surface area contributed by atoms with Gasteiger partial charge in [-0.25, -0.2) is 4.90 Å². The Morgan fingerprint density at radius 1 is 1.04 bits per heavy atom. The molecule has 7 heteroatoms. The molecule has 1 saturated heterocycles. The van der Waals surface area contributed by atoms with E-state index < -0.39 is 17.9 Å². The molecule has 0 radical (unpaired) electrons. The molecule has 2 aromatic rings. The van der Waals surface area contributed by atoms with Crippen molar-refractivity contribution in [2.45, 2.75) is 6.10 Å².